The van der Waals surface area contributed by atoms with Crippen molar-refractivity contribution in [3.63, 3.8) is 0 Å². The van der Waals surface area contributed by atoms with Crippen LogP contribution in [0.25, 0.3) is 0 Å². The Morgan fingerprint density at radius 2 is 1.47 bits per heavy atom. The Morgan fingerprint density at radius 1 is 0.895 bits per heavy atom. The van der Waals surface area contributed by atoms with Gasteiger partial charge in [-0.15, -0.1) is 0 Å². The lowest BCUT2D eigenvalue weighted by Gasteiger charge is -2.29. The van der Waals surface area contributed by atoms with Gasteiger partial charge in [0.1, 0.15) is 6.10 Å². The largest absolute Gasteiger partial charge is 0.469 e. The van der Waals surface area contributed by atoms with E-state index >= 15 is 0 Å². The quantitative estimate of drug-likeness (QED) is 0.781. The van der Waals surface area contributed by atoms with Gasteiger partial charge in [-0.3, -0.25) is 9.59 Å². The van der Waals surface area contributed by atoms with E-state index in [2.05, 4.69) is 5.32 Å². The van der Waals surface area contributed by atoms with Crippen molar-refractivity contribution in [1.29, 1.82) is 0 Å². The van der Waals surface area contributed by atoms with Crippen LogP contribution in [0.5, 0.6) is 0 Å². The van der Waals surface area contributed by atoms with Crippen LogP contribution in [0.4, 0.5) is 0 Å². The molecule has 5 nitrogen and oxygen atoms in total. The number of rotatable bonds is 3. The van der Waals surface area contributed by atoms with Crippen molar-refractivity contribution in [2.24, 2.45) is 11.8 Å². The van der Waals surface area contributed by atoms with Crippen molar-refractivity contribution in [2.75, 3.05) is 20.2 Å². The highest BCUT2D eigenvalue weighted by Crippen LogP contribution is 2.28. The van der Waals surface area contributed by atoms with E-state index in [4.69, 9.17) is 9.47 Å². The van der Waals surface area contributed by atoms with Gasteiger partial charge < -0.3 is 14.8 Å². The first kappa shape index (κ1) is 14.3. The van der Waals surface area contributed by atoms with Crippen LogP contribution in [-0.2, 0) is 19.1 Å². The normalized spacial score (nSPS) is 28.7. The summed E-state index contributed by atoms with van der Waals surface area (Å²) in [5.41, 5.74) is 0. The van der Waals surface area contributed by atoms with Gasteiger partial charge in [0, 0.05) is 0 Å². The first-order valence-electron chi connectivity index (χ1n) is 7.19. The molecular formula is C14H23NO4. The Morgan fingerprint density at radius 3 is 2.05 bits per heavy atom. The summed E-state index contributed by atoms with van der Waals surface area (Å²) in [5.74, 6) is -0.149. The smallest absolute Gasteiger partial charge is 0.309 e. The van der Waals surface area contributed by atoms with Crippen molar-refractivity contribution in [1.82, 2.24) is 5.32 Å². The highest BCUT2D eigenvalue weighted by atomic mass is 16.5. The second-order valence-corrected chi connectivity index (χ2v) is 5.46. The lowest BCUT2D eigenvalue weighted by atomic mass is 9.87. The topological polar surface area (TPSA) is 64.6 Å². The van der Waals surface area contributed by atoms with Crippen molar-refractivity contribution >= 4 is 11.9 Å². The maximum absolute atomic E-state index is 12.0. The molecule has 108 valence electrons. The molecule has 1 saturated heterocycles. The predicted molar refractivity (Wildman–Crippen MR) is 69.4 cm³/mol. The van der Waals surface area contributed by atoms with Crippen LogP contribution in [-0.4, -0.2) is 38.2 Å². The molecule has 1 saturated carbocycles. The monoisotopic (exact) mass is 269 g/mol. The lowest BCUT2D eigenvalue weighted by molar-refractivity contribution is -0.158. The van der Waals surface area contributed by atoms with Gasteiger partial charge in [-0.1, -0.05) is 0 Å². The third kappa shape index (κ3) is 3.93. The van der Waals surface area contributed by atoms with E-state index in [0.29, 0.717) is 0 Å². The van der Waals surface area contributed by atoms with Crippen LogP contribution in [0.2, 0.25) is 0 Å². The number of ether oxygens (including phenoxy) is 2. The average Bonchev–Trinajstić information content (AvgIpc) is 2.48. The summed E-state index contributed by atoms with van der Waals surface area (Å²) in [6.07, 6.45) is 4.80. The summed E-state index contributed by atoms with van der Waals surface area (Å²) in [4.78, 5) is 23.4. The van der Waals surface area contributed by atoms with E-state index in [1.54, 1.807) is 0 Å². The number of esters is 2. The molecule has 0 aromatic carbocycles. The number of piperidine rings is 1. The lowest BCUT2D eigenvalue weighted by Crippen LogP contribution is -2.35. The van der Waals surface area contributed by atoms with Crippen LogP contribution in [0.15, 0.2) is 0 Å². The summed E-state index contributed by atoms with van der Waals surface area (Å²) in [5, 5.41) is 3.24. The first-order chi connectivity index (χ1) is 9.20. The van der Waals surface area contributed by atoms with Crippen LogP contribution >= 0.6 is 0 Å². The van der Waals surface area contributed by atoms with E-state index in [0.717, 1.165) is 51.6 Å². The fourth-order valence-corrected chi connectivity index (χ4v) is 2.90. The molecule has 0 bridgehead atoms. The Labute approximate surface area is 114 Å². The zero-order valence-corrected chi connectivity index (χ0v) is 11.5. The first-order valence-corrected chi connectivity index (χ1v) is 7.19. The second-order valence-electron chi connectivity index (χ2n) is 5.46. The molecule has 0 unspecified atom stereocenters. The highest BCUT2D eigenvalue weighted by molar-refractivity contribution is 5.73. The summed E-state index contributed by atoms with van der Waals surface area (Å²) in [6, 6.07) is 0. The standard InChI is InChI=1S/C14H23NO4/c1-18-13(16)10-2-4-12(5-3-10)19-14(17)11-6-8-15-9-7-11/h10-12,15H,2-9H2,1H3. The van der Waals surface area contributed by atoms with Crippen molar-refractivity contribution in [3.8, 4) is 0 Å². The molecule has 1 aliphatic heterocycles. The Bertz CT molecular complexity index is 317. The number of hydrogen-bond donors (Lipinski definition) is 1. The molecule has 2 fully saturated rings. The van der Waals surface area contributed by atoms with E-state index in [1.807, 2.05) is 0 Å². The fraction of sp³-hybridized carbons (Fsp3) is 0.857. The zero-order chi connectivity index (χ0) is 13.7. The molecule has 0 radical (unpaired) electrons. The van der Waals surface area contributed by atoms with Crippen molar-refractivity contribution in [3.05, 3.63) is 0 Å². The van der Waals surface area contributed by atoms with Gasteiger partial charge >= 0.3 is 11.9 Å². The summed E-state index contributed by atoms with van der Waals surface area (Å²) >= 11 is 0. The van der Waals surface area contributed by atoms with Crippen LogP contribution in [0, 0.1) is 11.8 Å². The number of carbonyl (C=O) groups is 2. The van der Waals surface area contributed by atoms with E-state index in [1.165, 1.54) is 7.11 Å². The molecule has 5 heteroatoms. The molecule has 2 rings (SSSR count). The van der Waals surface area contributed by atoms with Crippen LogP contribution in [0.3, 0.4) is 0 Å². The minimum atomic E-state index is -0.136. The molecule has 0 spiro atoms. The Kier molecular flexibility index (Phi) is 5.19. The molecule has 1 aliphatic carbocycles. The van der Waals surface area contributed by atoms with E-state index < -0.39 is 0 Å². The molecule has 19 heavy (non-hydrogen) atoms. The molecule has 0 atom stereocenters. The zero-order valence-electron chi connectivity index (χ0n) is 11.5. The average molecular weight is 269 g/mol. The van der Waals surface area contributed by atoms with Crippen LogP contribution in [0.1, 0.15) is 38.5 Å². The van der Waals surface area contributed by atoms with Crippen LogP contribution < -0.4 is 5.32 Å². The van der Waals surface area contributed by atoms with Gasteiger partial charge in [0.25, 0.3) is 0 Å². The van der Waals surface area contributed by atoms with Gasteiger partial charge in [-0.05, 0) is 51.6 Å². The highest BCUT2D eigenvalue weighted by Gasteiger charge is 2.30. The van der Waals surface area contributed by atoms with E-state index in [-0.39, 0.29) is 29.9 Å². The SMILES string of the molecule is COC(=O)C1CCC(OC(=O)C2CCNCC2)CC1. The van der Waals surface area contributed by atoms with Gasteiger partial charge in [0.05, 0.1) is 18.9 Å². The third-order valence-corrected chi connectivity index (χ3v) is 4.16. The minimum Gasteiger partial charge on any atom is -0.469 e. The van der Waals surface area contributed by atoms with Crippen molar-refractivity contribution < 1.29 is 19.1 Å². The molecular weight excluding hydrogens is 246 g/mol. The molecule has 0 amide bonds. The molecule has 0 aromatic rings. The predicted octanol–water partition coefficient (Wildman–Crippen LogP) is 1.26. The number of methoxy groups -OCH3 is 1. The molecule has 0 aromatic heterocycles. The number of nitrogens with one attached hydrogen (secondary N) is 1. The van der Waals surface area contributed by atoms with E-state index in [9.17, 15) is 9.59 Å². The number of hydrogen-bond acceptors (Lipinski definition) is 5. The Hall–Kier alpha value is -1.10. The molecule has 1 heterocycles. The summed E-state index contributed by atoms with van der Waals surface area (Å²) in [6.45, 7) is 1.80. The maximum Gasteiger partial charge on any atom is 0.309 e. The number of carbonyl (C=O) groups excluding carboxylic acids is 2. The summed E-state index contributed by atoms with van der Waals surface area (Å²) in [7, 11) is 1.42. The Balaban J connectivity index is 1.72. The van der Waals surface area contributed by atoms with Gasteiger partial charge in [0.15, 0.2) is 0 Å². The molecule has 2 aliphatic rings. The van der Waals surface area contributed by atoms with Gasteiger partial charge in [-0.2, -0.15) is 0 Å². The summed E-state index contributed by atoms with van der Waals surface area (Å²) < 4.78 is 10.3. The van der Waals surface area contributed by atoms with Gasteiger partial charge in [-0.25, -0.2) is 0 Å². The minimum absolute atomic E-state index is 0.0108. The maximum atomic E-state index is 12.0. The fourth-order valence-electron chi connectivity index (χ4n) is 2.90. The van der Waals surface area contributed by atoms with Crippen molar-refractivity contribution in [2.45, 2.75) is 44.6 Å². The molecule has 1 N–H and O–H groups in total. The van der Waals surface area contributed by atoms with Gasteiger partial charge in [0.2, 0.25) is 0 Å². The second kappa shape index (κ2) is 6.89. The third-order valence-electron chi connectivity index (χ3n) is 4.16.